The summed E-state index contributed by atoms with van der Waals surface area (Å²) in [7, 11) is -3.82. The second-order valence-electron chi connectivity index (χ2n) is 8.78. The van der Waals surface area contributed by atoms with Crippen LogP contribution in [-0.4, -0.2) is 32.3 Å². The summed E-state index contributed by atoms with van der Waals surface area (Å²) in [6, 6.07) is 15.7. The Morgan fingerprint density at radius 3 is 2.31 bits per heavy atom. The molecule has 1 amide bonds. The van der Waals surface area contributed by atoms with E-state index in [0.29, 0.717) is 65.0 Å². The lowest BCUT2D eigenvalue weighted by molar-refractivity contribution is -0.121. The van der Waals surface area contributed by atoms with Gasteiger partial charge in [0.25, 0.3) is 10.0 Å². The highest BCUT2D eigenvalue weighted by atomic mass is 35.5. The van der Waals surface area contributed by atoms with Crippen molar-refractivity contribution < 1.29 is 17.6 Å². The van der Waals surface area contributed by atoms with Gasteiger partial charge in [0.05, 0.1) is 10.6 Å². The Balaban J connectivity index is 1.32. The van der Waals surface area contributed by atoms with Crippen LogP contribution in [0, 0.1) is 18.7 Å². The number of likely N-dealkylation sites (tertiary alicyclic amines) is 1. The molecule has 1 aliphatic heterocycles. The number of nitrogens with one attached hydrogen (secondary N) is 2. The van der Waals surface area contributed by atoms with Gasteiger partial charge in [-0.3, -0.25) is 14.4 Å². The summed E-state index contributed by atoms with van der Waals surface area (Å²) in [5, 5.41) is 3.74. The zero-order valence-corrected chi connectivity index (χ0v) is 21.9. The van der Waals surface area contributed by atoms with Crippen LogP contribution in [0.25, 0.3) is 0 Å². The molecule has 3 aromatic rings. The van der Waals surface area contributed by atoms with E-state index in [1.54, 1.807) is 49.4 Å². The number of hydrogen-bond acceptors (Lipinski definition) is 4. The second-order valence-corrected chi connectivity index (χ2v) is 11.3. The Kier molecular flexibility index (Phi) is 8.20. The van der Waals surface area contributed by atoms with Crippen LogP contribution < -0.4 is 10.0 Å². The van der Waals surface area contributed by atoms with Crippen molar-refractivity contribution in [2.24, 2.45) is 5.92 Å². The summed E-state index contributed by atoms with van der Waals surface area (Å²) in [4.78, 5) is 14.9. The zero-order valence-electron chi connectivity index (χ0n) is 19.6. The first-order chi connectivity index (χ1) is 17.1. The molecule has 0 saturated carbocycles. The minimum Gasteiger partial charge on any atom is -0.326 e. The number of sulfonamides is 1. The number of rotatable bonds is 7. The Hall–Kier alpha value is -2.65. The van der Waals surface area contributed by atoms with Gasteiger partial charge in [-0.15, -0.1) is 0 Å². The quantitative estimate of drug-likeness (QED) is 0.373. The number of benzene rings is 3. The average molecular weight is 550 g/mol. The van der Waals surface area contributed by atoms with E-state index in [1.807, 2.05) is 0 Å². The van der Waals surface area contributed by atoms with Crippen molar-refractivity contribution in [2.45, 2.75) is 31.2 Å². The van der Waals surface area contributed by atoms with Crippen molar-refractivity contribution in [3.05, 3.63) is 87.7 Å². The molecule has 6 nitrogen and oxygen atoms in total. The number of nitrogens with zero attached hydrogens (tertiary/aromatic N) is 1. The number of hydrogen-bond donors (Lipinski definition) is 2. The van der Waals surface area contributed by atoms with Crippen LogP contribution in [0.4, 0.5) is 15.8 Å². The molecule has 3 aromatic carbocycles. The van der Waals surface area contributed by atoms with Gasteiger partial charge in [0.1, 0.15) is 5.82 Å². The maximum absolute atomic E-state index is 14.1. The second kappa shape index (κ2) is 11.2. The van der Waals surface area contributed by atoms with Gasteiger partial charge in [0, 0.05) is 33.8 Å². The molecule has 2 N–H and O–H groups in total. The number of carbonyl (C=O) groups is 1. The van der Waals surface area contributed by atoms with Gasteiger partial charge in [-0.2, -0.15) is 0 Å². The summed E-state index contributed by atoms with van der Waals surface area (Å²) in [6.45, 7) is 3.43. The molecule has 0 aliphatic carbocycles. The lowest BCUT2D eigenvalue weighted by Crippen LogP contribution is -2.38. The van der Waals surface area contributed by atoms with E-state index in [9.17, 15) is 17.6 Å². The molecule has 190 valence electrons. The summed E-state index contributed by atoms with van der Waals surface area (Å²) < 4.78 is 42.2. The number of anilines is 2. The van der Waals surface area contributed by atoms with Crippen molar-refractivity contribution >= 4 is 50.5 Å². The number of carbonyl (C=O) groups excluding carboxylic acids is 1. The van der Waals surface area contributed by atoms with Gasteiger partial charge < -0.3 is 5.32 Å². The molecule has 1 fully saturated rings. The van der Waals surface area contributed by atoms with Crippen molar-refractivity contribution in [3.63, 3.8) is 0 Å². The normalized spacial score (nSPS) is 15.0. The standard InChI is InChI=1S/C26H26Cl2FN3O3S/c1-17-22(27)4-3-7-25(17)31-36(34,35)20-10-8-19(9-11-20)30-26(33)18-12-14-32(15-13-18)16-21-23(28)5-2-6-24(21)29/h2-11,18,31H,12-16H2,1H3,(H,30,33). The third kappa shape index (κ3) is 6.18. The molecule has 1 saturated heterocycles. The fraction of sp³-hybridized carbons (Fsp3) is 0.269. The maximum Gasteiger partial charge on any atom is 0.261 e. The van der Waals surface area contributed by atoms with E-state index in [0.717, 1.165) is 0 Å². The summed E-state index contributed by atoms with van der Waals surface area (Å²) in [6.07, 6.45) is 1.26. The molecular weight excluding hydrogens is 524 g/mol. The average Bonchev–Trinajstić information content (AvgIpc) is 2.85. The van der Waals surface area contributed by atoms with E-state index in [1.165, 1.54) is 18.2 Å². The van der Waals surface area contributed by atoms with Gasteiger partial charge in [-0.1, -0.05) is 35.3 Å². The van der Waals surface area contributed by atoms with Gasteiger partial charge in [0.2, 0.25) is 5.91 Å². The highest BCUT2D eigenvalue weighted by Crippen LogP contribution is 2.27. The zero-order chi connectivity index (χ0) is 25.9. The Labute approximate surface area is 220 Å². The first-order valence-electron chi connectivity index (χ1n) is 11.5. The Bertz CT molecular complexity index is 1340. The fourth-order valence-corrected chi connectivity index (χ4v) is 5.66. The van der Waals surface area contributed by atoms with Crippen LogP contribution in [0.2, 0.25) is 10.0 Å². The van der Waals surface area contributed by atoms with Crippen molar-refractivity contribution in [3.8, 4) is 0 Å². The molecule has 0 radical (unpaired) electrons. The SMILES string of the molecule is Cc1c(Cl)cccc1NS(=O)(=O)c1ccc(NC(=O)C2CCN(Cc3c(F)cccc3Cl)CC2)cc1. The highest BCUT2D eigenvalue weighted by molar-refractivity contribution is 7.92. The van der Waals surface area contributed by atoms with E-state index < -0.39 is 10.0 Å². The summed E-state index contributed by atoms with van der Waals surface area (Å²) in [5.74, 6) is -0.638. The molecule has 1 aliphatic rings. The largest absolute Gasteiger partial charge is 0.326 e. The molecule has 0 bridgehead atoms. The number of piperidine rings is 1. The molecular formula is C26H26Cl2FN3O3S. The van der Waals surface area contributed by atoms with Crippen LogP contribution in [0.5, 0.6) is 0 Å². The first kappa shape index (κ1) is 26.4. The Morgan fingerprint density at radius 1 is 1.00 bits per heavy atom. The third-order valence-corrected chi connectivity index (χ3v) is 8.49. The molecule has 10 heteroatoms. The minimum absolute atomic E-state index is 0.0694. The smallest absolute Gasteiger partial charge is 0.261 e. The number of amides is 1. The van der Waals surface area contributed by atoms with Crippen molar-refractivity contribution in [1.29, 1.82) is 0 Å². The van der Waals surface area contributed by atoms with Crippen molar-refractivity contribution in [1.82, 2.24) is 4.90 Å². The van der Waals surface area contributed by atoms with Crippen LogP contribution in [0.15, 0.2) is 65.6 Å². The predicted molar refractivity (Wildman–Crippen MR) is 141 cm³/mol. The van der Waals surface area contributed by atoms with Crippen LogP contribution in [-0.2, 0) is 21.4 Å². The molecule has 0 unspecified atom stereocenters. The van der Waals surface area contributed by atoms with E-state index in [-0.39, 0.29) is 22.5 Å². The first-order valence-corrected chi connectivity index (χ1v) is 13.7. The van der Waals surface area contributed by atoms with E-state index in [4.69, 9.17) is 23.2 Å². The van der Waals surface area contributed by atoms with Gasteiger partial charge in [0.15, 0.2) is 0 Å². The lowest BCUT2D eigenvalue weighted by Gasteiger charge is -2.31. The Morgan fingerprint density at radius 2 is 1.64 bits per heavy atom. The van der Waals surface area contributed by atoms with Gasteiger partial charge in [-0.05, 0) is 86.9 Å². The lowest BCUT2D eigenvalue weighted by atomic mass is 9.95. The summed E-state index contributed by atoms with van der Waals surface area (Å²) in [5.41, 5.74) is 2.02. The third-order valence-electron chi connectivity index (χ3n) is 6.35. The molecule has 0 atom stereocenters. The molecule has 4 rings (SSSR count). The highest BCUT2D eigenvalue weighted by Gasteiger charge is 2.26. The van der Waals surface area contributed by atoms with E-state index in [2.05, 4.69) is 14.9 Å². The minimum atomic E-state index is -3.82. The van der Waals surface area contributed by atoms with Crippen molar-refractivity contribution in [2.75, 3.05) is 23.1 Å². The molecule has 0 spiro atoms. The van der Waals surface area contributed by atoms with Crippen LogP contribution in [0.1, 0.15) is 24.0 Å². The monoisotopic (exact) mass is 549 g/mol. The molecule has 1 heterocycles. The topological polar surface area (TPSA) is 78.5 Å². The number of halogens is 3. The van der Waals surface area contributed by atoms with Crippen LogP contribution >= 0.6 is 23.2 Å². The molecule has 0 aromatic heterocycles. The van der Waals surface area contributed by atoms with Gasteiger partial charge in [-0.25, -0.2) is 12.8 Å². The maximum atomic E-state index is 14.1. The van der Waals surface area contributed by atoms with Gasteiger partial charge >= 0.3 is 0 Å². The van der Waals surface area contributed by atoms with E-state index >= 15 is 0 Å². The summed E-state index contributed by atoms with van der Waals surface area (Å²) >= 11 is 12.2. The molecule has 36 heavy (non-hydrogen) atoms. The van der Waals surface area contributed by atoms with Crippen LogP contribution in [0.3, 0.4) is 0 Å². The fourth-order valence-electron chi connectivity index (χ4n) is 4.14. The predicted octanol–water partition coefficient (Wildman–Crippen LogP) is 6.09.